The van der Waals surface area contributed by atoms with Crippen LogP contribution < -0.4 is 10.9 Å². The van der Waals surface area contributed by atoms with Crippen molar-refractivity contribution in [1.82, 2.24) is 9.78 Å². The molecule has 0 amide bonds. The van der Waals surface area contributed by atoms with Crippen LogP contribution in [0.3, 0.4) is 0 Å². The standard InChI is InChI=1S/C13H14BrN3OS/c14-9-4-12(19-8-9)7-17-13(18)5-11(6-15-17)16-10-2-1-3-10/h4-6,8,10,16H,1-3,7H2. The van der Waals surface area contributed by atoms with Crippen LogP contribution in [-0.2, 0) is 6.54 Å². The lowest BCUT2D eigenvalue weighted by atomic mass is 9.93. The zero-order chi connectivity index (χ0) is 13.2. The molecule has 2 heterocycles. The van der Waals surface area contributed by atoms with Crippen LogP contribution in [0.2, 0.25) is 0 Å². The monoisotopic (exact) mass is 339 g/mol. The van der Waals surface area contributed by atoms with Crippen LogP contribution >= 0.6 is 27.3 Å². The molecule has 0 spiro atoms. The minimum Gasteiger partial charge on any atom is -0.381 e. The fraction of sp³-hybridized carbons (Fsp3) is 0.385. The van der Waals surface area contributed by atoms with Crippen molar-refractivity contribution in [3.8, 4) is 0 Å². The van der Waals surface area contributed by atoms with Crippen LogP contribution in [0.25, 0.3) is 0 Å². The van der Waals surface area contributed by atoms with Crippen molar-refractivity contribution in [1.29, 1.82) is 0 Å². The predicted molar refractivity (Wildman–Crippen MR) is 80.9 cm³/mol. The Morgan fingerprint density at radius 3 is 2.89 bits per heavy atom. The van der Waals surface area contributed by atoms with Crippen molar-refractivity contribution in [2.45, 2.75) is 31.8 Å². The maximum atomic E-state index is 12.0. The predicted octanol–water partition coefficient (Wildman–Crippen LogP) is 3.08. The Hall–Kier alpha value is -1.14. The Kier molecular flexibility index (Phi) is 3.70. The van der Waals surface area contributed by atoms with Gasteiger partial charge in [0, 0.05) is 26.8 Å². The molecule has 1 N–H and O–H groups in total. The van der Waals surface area contributed by atoms with Gasteiger partial charge in [-0.05, 0) is 41.3 Å². The number of halogens is 1. The first kappa shape index (κ1) is 12.9. The van der Waals surface area contributed by atoms with Gasteiger partial charge in [-0.2, -0.15) is 5.10 Å². The lowest BCUT2D eigenvalue weighted by Gasteiger charge is -2.27. The number of hydrogen-bond donors (Lipinski definition) is 1. The van der Waals surface area contributed by atoms with Crippen LogP contribution in [-0.4, -0.2) is 15.8 Å². The molecule has 1 aliphatic rings. The van der Waals surface area contributed by atoms with E-state index in [9.17, 15) is 4.79 Å². The number of thiophene rings is 1. The summed E-state index contributed by atoms with van der Waals surface area (Å²) in [7, 11) is 0. The van der Waals surface area contributed by atoms with E-state index in [1.807, 2.05) is 11.4 Å². The molecule has 0 saturated heterocycles. The van der Waals surface area contributed by atoms with Gasteiger partial charge in [-0.3, -0.25) is 4.79 Å². The summed E-state index contributed by atoms with van der Waals surface area (Å²) in [5.74, 6) is 0. The van der Waals surface area contributed by atoms with Gasteiger partial charge >= 0.3 is 0 Å². The molecular weight excluding hydrogens is 326 g/mol. The average Bonchev–Trinajstić information content (AvgIpc) is 2.73. The summed E-state index contributed by atoms with van der Waals surface area (Å²) in [5, 5.41) is 9.57. The minimum atomic E-state index is -0.0613. The maximum Gasteiger partial charge on any atom is 0.269 e. The number of rotatable bonds is 4. The van der Waals surface area contributed by atoms with Gasteiger partial charge in [-0.25, -0.2) is 4.68 Å². The van der Waals surface area contributed by atoms with Gasteiger partial charge in [-0.1, -0.05) is 0 Å². The van der Waals surface area contributed by atoms with Gasteiger partial charge in [-0.15, -0.1) is 11.3 Å². The number of nitrogens with zero attached hydrogens (tertiary/aromatic N) is 2. The minimum absolute atomic E-state index is 0.0613. The number of nitrogens with one attached hydrogen (secondary N) is 1. The van der Waals surface area contributed by atoms with E-state index in [0.29, 0.717) is 12.6 Å². The van der Waals surface area contributed by atoms with Crippen molar-refractivity contribution in [2.75, 3.05) is 5.32 Å². The van der Waals surface area contributed by atoms with E-state index in [1.165, 1.54) is 23.9 Å². The summed E-state index contributed by atoms with van der Waals surface area (Å²) in [4.78, 5) is 13.1. The van der Waals surface area contributed by atoms with E-state index in [1.54, 1.807) is 23.6 Å². The van der Waals surface area contributed by atoms with Crippen LogP contribution in [0.1, 0.15) is 24.1 Å². The van der Waals surface area contributed by atoms with E-state index in [0.717, 1.165) is 15.0 Å². The molecule has 6 heteroatoms. The Morgan fingerprint density at radius 2 is 2.32 bits per heavy atom. The molecule has 4 nitrogen and oxygen atoms in total. The van der Waals surface area contributed by atoms with E-state index in [4.69, 9.17) is 0 Å². The summed E-state index contributed by atoms with van der Waals surface area (Å²) in [6.45, 7) is 0.527. The highest BCUT2D eigenvalue weighted by Crippen LogP contribution is 2.22. The summed E-state index contributed by atoms with van der Waals surface area (Å²) in [5.41, 5.74) is 0.771. The number of anilines is 1. The summed E-state index contributed by atoms with van der Waals surface area (Å²) >= 11 is 5.03. The quantitative estimate of drug-likeness (QED) is 0.930. The van der Waals surface area contributed by atoms with Crippen LogP contribution in [0.5, 0.6) is 0 Å². The molecule has 2 aromatic rings. The second-order valence-corrected chi connectivity index (χ2v) is 6.65. The summed E-state index contributed by atoms with van der Waals surface area (Å²) < 4.78 is 2.54. The largest absolute Gasteiger partial charge is 0.381 e. The van der Waals surface area contributed by atoms with Gasteiger partial charge in [0.25, 0.3) is 5.56 Å². The second-order valence-electron chi connectivity index (χ2n) is 4.74. The number of hydrogen-bond acceptors (Lipinski definition) is 4. The third-order valence-corrected chi connectivity index (χ3v) is 4.96. The van der Waals surface area contributed by atoms with Gasteiger partial charge < -0.3 is 5.32 Å². The fourth-order valence-corrected chi connectivity index (χ4v) is 3.44. The molecule has 2 aromatic heterocycles. The van der Waals surface area contributed by atoms with E-state index < -0.39 is 0 Å². The first-order valence-electron chi connectivity index (χ1n) is 6.27. The molecular formula is C13H14BrN3OS. The van der Waals surface area contributed by atoms with E-state index >= 15 is 0 Å². The van der Waals surface area contributed by atoms with Crippen molar-refractivity contribution < 1.29 is 0 Å². The van der Waals surface area contributed by atoms with Crippen molar-refractivity contribution in [3.63, 3.8) is 0 Å². The van der Waals surface area contributed by atoms with E-state index in [-0.39, 0.29) is 5.56 Å². The Bertz CT molecular complexity index is 633. The van der Waals surface area contributed by atoms with E-state index in [2.05, 4.69) is 26.3 Å². The molecule has 0 aromatic carbocycles. The lowest BCUT2D eigenvalue weighted by molar-refractivity contribution is 0.445. The molecule has 0 unspecified atom stereocenters. The van der Waals surface area contributed by atoms with Gasteiger partial charge in [0.2, 0.25) is 0 Å². The number of aromatic nitrogens is 2. The molecule has 0 atom stereocenters. The molecule has 1 saturated carbocycles. The smallest absolute Gasteiger partial charge is 0.269 e. The molecule has 3 rings (SSSR count). The normalized spacial score (nSPS) is 15.2. The fourth-order valence-electron chi connectivity index (χ4n) is 2.00. The summed E-state index contributed by atoms with van der Waals surface area (Å²) in [6, 6.07) is 4.16. The SMILES string of the molecule is O=c1cc(NC2CCC2)cnn1Cc1cc(Br)cs1. The lowest BCUT2D eigenvalue weighted by Crippen LogP contribution is -2.29. The van der Waals surface area contributed by atoms with Crippen molar-refractivity contribution in [3.05, 3.63) is 43.4 Å². The molecule has 1 aliphatic carbocycles. The first-order chi connectivity index (χ1) is 9.20. The zero-order valence-electron chi connectivity index (χ0n) is 10.3. The van der Waals surface area contributed by atoms with Gasteiger partial charge in [0.15, 0.2) is 0 Å². The Labute approximate surface area is 123 Å². The molecule has 100 valence electrons. The second kappa shape index (κ2) is 5.46. The third-order valence-electron chi connectivity index (χ3n) is 3.27. The molecule has 0 radical (unpaired) electrons. The van der Waals surface area contributed by atoms with Gasteiger partial charge in [0.05, 0.1) is 18.4 Å². The third kappa shape index (κ3) is 3.06. The van der Waals surface area contributed by atoms with Crippen LogP contribution in [0.4, 0.5) is 5.69 Å². The van der Waals surface area contributed by atoms with Crippen molar-refractivity contribution in [2.24, 2.45) is 0 Å². The topological polar surface area (TPSA) is 46.9 Å². The van der Waals surface area contributed by atoms with Gasteiger partial charge in [0.1, 0.15) is 0 Å². The highest BCUT2D eigenvalue weighted by Gasteiger charge is 2.17. The first-order valence-corrected chi connectivity index (χ1v) is 7.94. The van der Waals surface area contributed by atoms with Crippen molar-refractivity contribution >= 4 is 33.0 Å². The highest BCUT2D eigenvalue weighted by molar-refractivity contribution is 9.10. The molecule has 1 fully saturated rings. The highest BCUT2D eigenvalue weighted by atomic mass is 79.9. The molecule has 19 heavy (non-hydrogen) atoms. The maximum absolute atomic E-state index is 12.0. The van der Waals surface area contributed by atoms with Crippen LogP contribution in [0.15, 0.2) is 33.0 Å². The molecule has 0 aliphatic heterocycles. The Morgan fingerprint density at radius 1 is 1.47 bits per heavy atom. The zero-order valence-corrected chi connectivity index (χ0v) is 12.7. The average molecular weight is 340 g/mol. The Balaban J connectivity index is 1.73. The molecule has 0 bridgehead atoms. The van der Waals surface area contributed by atoms with Crippen LogP contribution in [0, 0.1) is 0 Å². The summed E-state index contributed by atoms with van der Waals surface area (Å²) in [6.07, 6.45) is 5.39.